The van der Waals surface area contributed by atoms with Crippen LogP contribution in [0.5, 0.6) is 5.75 Å². The minimum absolute atomic E-state index is 0.129. The van der Waals surface area contributed by atoms with Crippen LogP contribution < -0.4 is 4.74 Å². The first-order chi connectivity index (χ1) is 7.20. The van der Waals surface area contributed by atoms with Crippen molar-refractivity contribution in [2.24, 2.45) is 0 Å². The maximum atomic E-state index is 12.8. The van der Waals surface area contributed by atoms with E-state index >= 15 is 0 Å². The number of ether oxygens (including phenoxy) is 1. The Kier molecular flexibility index (Phi) is 2.97. The molecule has 9 heteroatoms. The lowest BCUT2D eigenvalue weighted by atomic mass is 10.3. The molecule has 4 nitrogen and oxygen atoms in total. The lowest BCUT2D eigenvalue weighted by Gasteiger charge is -2.09. The van der Waals surface area contributed by atoms with Gasteiger partial charge in [-0.1, -0.05) is 0 Å². The number of hydrogen-bond donors (Lipinski definition) is 0. The monoisotopic (exact) mass is 243 g/mol. The molecule has 1 rings (SSSR count). The molecule has 1 aromatic carbocycles. The van der Waals surface area contributed by atoms with E-state index < -0.39 is 34.4 Å². The summed E-state index contributed by atoms with van der Waals surface area (Å²) >= 11 is 0. The number of non-ortho nitro benzene ring substituents is 1. The number of benzene rings is 1. The average molecular weight is 243 g/mol. The summed E-state index contributed by atoms with van der Waals surface area (Å²) in [5, 5.41) is 10.1. The Labute approximate surface area is 84.4 Å². The molecule has 0 bridgehead atoms. The Morgan fingerprint density at radius 3 is 1.94 bits per heavy atom. The summed E-state index contributed by atoms with van der Waals surface area (Å²) in [7, 11) is 0. The van der Waals surface area contributed by atoms with Crippen molar-refractivity contribution < 1.29 is 31.6 Å². The third-order valence-electron chi connectivity index (χ3n) is 1.41. The zero-order chi connectivity index (χ0) is 12.5. The van der Waals surface area contributed by atoms with Crippen LogP contribution >= 0.6 is 0 Å². The summed E-state index contributed by atoms with van der Waals surface area (Å²) in [4.78, 5) is 8.96. The van der Waals surface area contributed by atoms with Gasteiger partial charge in [0.1, 0.15) is 0 Å². The van der Waals surface area contributed by atoms with Crippen LogP contribution in [0.3, 0.4) is 0 Å². The van der Waals surface area contributed by atoms with Crippen molar-refractivity contribution in [2.45, 2.75) is 6.36 Å². The van der Waals surface area contributed by atoms with Gasteiger partial charge in [-0.2, -0.15) is 0 Å². The van der Waals surface area contributed by atoms with Crippen molar-refractivity contribution >= 4 is 5.69 Å². The normalized spacial score (nSPS) is 11.3. The fourth-order valence-corrected chi connectivity index (χ4v) is 0.865. The molecule has 0 unspecified atom stereocenters. The van der Waals surface area contributed by atoms with Gasteiger partial charge in [0, 0.05) is 0 Å². The van der Waals surface area contributed by atoms with Crippen molar-refractivity contribution in [3.63, 3.8) is 0 Å². The first kappa shape index (κ1) is 12.1. The molecule has 0 saturated carbocycles. The molecule has 0 aliphatic heterocycles. The minimum atomic E-state index is -5.28. The van der Waals surface area contributed by atoms with Crippen molar-refractivity contribution in [1.82, 2.24) is 0 Å². The standard InChI is InChI=1S/C7H2F5NO3/c8-4-1-3(13(14)15)2-5(9)6(4)16-7(10,11)12/h1-2H. The zero-order valence-corrected chi connectivity index (χ0v) is 7.22. The van der Waals surface area contributed by atoms with Gasteiger partial charge >= 0.3 is 6.36 Å². The number of halogens is 5. The summed E-state index contributed by atoms with van der Waals surface area (Å²) in [6.45, 7) is 0. The van der Waals surface area contributed by atoms with Crippen molar-refractivity contribution in [3.8, 4) is 5.75 Å². The van der Waals surface area contributed by atoms with Gasteiger partial charge < -0.3 is 4.74 Å². The molecular formula is C7H2F5NO3. The second-order valence-electron chi connectivity index (χ2n) is 2.54. The van der Waals surface area contributed by atoms with Gasteiger partial charge in [0.2, 0.25) is 5.75 Å². The van der Waals surface area contributed by atoms with E-state index in [1.165, 1.54) is 0 Å². The first-order valence-electron chi connectivity index (χ1n) is 3.60. The SMILES string of the molecule is O=[N+]([O-])c1cc(F)c(OC(F)(F)F)c(F)c1. The molecule has 0 radical (unpaired) electrons. The van der Waals surface area contributed by atoms with E-state index in [2.05, 4.69) is 4.74 Å². The van der Waals surface area contributed by atoms with E-state index in [-0.39, 0.29) is 12.1 Å². The topological polar surface area (TPSA) is 52.4 Å². The molecule has 0 N–H and O–H groups in total. The molecule has 0 atom stereocenters. The Morgan fingerprint density at radius 2 is 1.62 bits per heavy atom. The van der Waals surface area contributed by atoms with E-state index in [0.717, 1.165) is 0 Å². The number of hydrogen-bond acceptors (Lipinski definition) is 3. The number of nitrogens with zero attached hydrogens (tertiary/aromatic N) is 1. The van der Waals surface area contributed by atoms with Gasteiger partial charge in [-0.05, 0) is 0 Å². The van der Waals surface area contributed by atoms with Gasteiger partial charge in [0.15, 0.2) is 11.6 Å². The highest BCUT2D eigenvalue weighted by Gasteiger charge is 2.34. The molecule has 0 fully saturated rings. The van der Waals surface area contributed by atoms with Gasteiger partial charge in [0.05, 0.1) is 17.1 Å². The molecule has 0 aliphatic rings. The van der Waals surface area contributed by atoms with E-state index in [4.69, 9.17) is 0 Å². The second kappa shape index (κ2) is 3.91. The minimum Gasteiger partial charge on any atom is -0.399 e. The van der Waals surface area contributed by atoms with Gasteiger partial charge in [-0.3, -0.25) is 10.1 Å². The summed E-state index contributed by atoms with van der Waals surface area (Å²) in [5.41, 5.74) is -1.01. The molecule has 0 heterocycles. The van der Waals surface area contributed by atoms with E-state index in [1.807, 2.05) is 0 Å². The van der Waals surface area contributed by atoms with Crippen LogP contribution in [0.1, 0.15) is 0 Å². The maximum absolute atomic E-state index is 12.8. The third-order valence-corrected chi connectivity index (χ3v) is 1.41. The maximum Gasteiger partial charge on any atom is 0.573 e. The van der Waals surface area contributed by atoms with Crippen LogP contribution in [0.25, 0.3) is 0 Å². The molecule has 0 saturated heterocycles. The molecule has 1 aromatic rings. The van der Waals surface area contributed by atoms with E-state index in [9.17, 15) is 32.1 Å². The summed E-state index contributed by atoms with van der Waals surface area (Å²) in [6, 6.07) is 0.258. The molecule has 16 heavy (non-hydrogen) atoms. The van der Waals surface area contributed by atoms with E-state index in [0.29, 0.717) is 0 Å². The predicted octanol–water partition coefficient (Wildman–Crippen LogP) is 2.77. The number of rotatable bonds is 2. The summed E-state index contributed by atoms with van der Waals surface area (Å²) < 4.78 is 63.7. The Balaban J connectivity index is 3.18. The lowest BCUT2D eigenvalue weighted by molar-refractivity contribution is -0.385. The highest BCUT2D eigenvalue weighted by molar-refractivity contribution is 5.39. The van der Waals surface area contributed by atoms with Crippen molar-refractivity contribution in [3.05, 3.63) is 33.9 Å². The highest BCUT2D eigenvalue weighted by Crippen LogP contribution is 2.31. The Hall–Kier alpha value is -1.93. The van der Waals surface area contributed by atoms with Crippen LogP contribution in [0.4, 0.5) is 27.6 Å². The summed E-state index contributed by atoms with van der Waals surface area (Å²) in [5.74, 6) is -5.33. The predicted molar refractivity (Wildman–Crippen MR) is 39.7 cm³/mol. The van der Waals surface area contributed by atoms with Crippen LogP contribution in [-0.4, -0.2) is 11.3 Å². The molecule has 0 aliphatic carbocycles. The molecule has 0 amide bonds. The number of alkyl halides is 3. The fourth-order valence-electron chi connectivity index (χ4n) is 0.865. The lowest BCUT2D eigenvalue weighted by Crippen LogP contribution is -2.19. The van der Waals surface area contributed by atoms with Crippen molar-refractivity contribution in [1.29, 1.82) is 0 Å². The van der Waals surface area contributed by atoms with Crippen molar-refractivity contribution in [2.75, 3.05) is 0 Å². The van der Waals surface area contributed by atoms with Gasteiger partial charge in [0.25, 0.3) is 5.69 Å². The van der Waals surface area contributed by atoms with Crippen LogP contribution in [-0.2, 0) is 0 Å². The fraction of sp³-hybridized carbons (Fsp3) is 0.143. The van der Waals surface area contributed by atoms with Gasteiger partial charge in [-0.15, -0.1) is 13.2 Å². The summed E-state index contributed by atoms with van der Waals surface area (Å²) in [6.07, 6.45) is -5.28. The number of nitro groups is 1. The van der Waals surface area contributed by atoms with Crippen LogP contribution in [0.2, 0.25) is 0 Å². The molecule has 0 aromatic heterocycles. The Bertz CT molecular complexity index is 408. The Morgan fingerprint density at radius 1 is 1.19 bits per heavy atom. The highest BCUT2D eigenvalue weighted by atomic mass is 19.4. The number of nitro benzene ring substituents is 1. The quantitative estimate of drug-likeness (QED) is 0.456. The second-order valence-corrected chi connectivity index (χ2v) is 2.54. The molecule has 88 valence electrons. The zero-order valence-electron chi connectivity index (χ0n) is 7.22. The first-order valence-corrected chi connectivity index (χ1v) is 3.60. The molecule has 0 spiro atoms. The molecular weight excluding hydrogens is 241 g/mol. The average Bonchev–Trinajstić information content (AvgIpc) is 2.09. The van der Waals surface area contributed by atoms with Crippen LogP contribution in [0, 0.1) is 21.7 Å². The van der Waals surface area contributed by atoms with E-state index in [1.54, 1.807) is 0 Å². The van der Waals surface area contributed by atoms with Gasteiger partial charge in [-0.25, -0.2) is 8.78 Å². The third kappa shape index (κ3) is 2.78. The van der Waals surface area contributed by atoms with Crippen LogP contribution in [0.15, 0.2) is 12.1 Å². The smallest absolute Gasteiger partial charge is 0.399 e. The largest absolute Gasteiger partial charge is 0.573 e.